The first-order valence-corrected chi connectivity index (χ1v) is 5.23. The molecule has 1 fully saturated rings. The first kappa shape index (κ1) is 9.69. The first-order chi connectivity index (χ1) is 6.81. The largest absolute Gasteiger partial charge is 0.358 e. The monoisotopic (exact) mass is 191 g/mol. The van der Waals surface area contributed by atoms with E-state index in [1.54, 1.807) is 0 Å². The molecule has 14 heavy (non-hydrogen) atoms. The topological polar surface area (TPSA) is 12.5 Å². The van der Waals surface area contributed by atoms with Crippen LogP contribution in [0.2, 0.25) is 0 Å². The SMILES string of the molecule is CCN1CCOC1c1cccc(C)c1. The molecule has 0 amide bonds. The molecule has 0 N–H and O–H groups in total. The number of hydrogen-bond acceptors (Lipinski definition) is 2. The highest BCUT2D eigenvalue weighted by molar-refractivity contribution is 5.24. The van der Waals surface area contributed by atoms with Gasteiger partial charge in [0.25, 0.3) is 0 Å². The molecule has 1 saturated heterocycles. The van der Waals surface area contributed by atoms with E-state index in [1.165, 1.54) is 11.1 Å². The van der Waals surface area contributed by atoms with E-state index < -0.39 is 0 Å². The van der Waals surface area contributed by atoms with Crippen molar-refractivity contribution in [2.45, 2.75) is 20.1 Å². The van der Waals surface area contributed by atoms with Gasteiger partial charge in [-0.15, -0.1) is 0 Å². The first-order valence-electron chi connectivity index (χ1n) is 5.23. The van der Waals surface area contributed by atoms with Gasteiger partial charge in [-0.3, -0.25) is 4.90 Å². The quantitative estimate of drug-likeness (QED) is 0.711. The van der Waals surface area contributed by atoms with E-state index in [4.69, 9.17) is 4.74 Å². The summed E-state index contributed by atoms with van der Waals surface area (Å²) in [5.74, 6) is 0. The third-order valence-electron chi connectivity index (χ3n) is 2.72. The Labute approximate surface area is 85.5 Å². The second kappa shape index (κ2) is 4.11. The second-order valence-electron chi connectivity index (χ2n) is 3.77. The number of rotatable bonds is 2. The van der Waals surface area contributed by atoms with Gasteiger partial charge in [0.15, 0.2) is 0 Å². The molecule has 1 aliphatic heterocycles. The fraction of sp³-hybridized carbons (Fsp3) is 0.500. The average Bonchev–Trinajstić information content (AvgIpc) is 2.65. The number of aryl methyl sites for hydroxylation is 1. The molecule has 0 radical (unpaired) electrons. The van der Waals surface area contributed by atoms with Gasteiger partial charge >= 0.3 is 0 Å². The fourth-order valence-corrected chi connectivity index (χ4v) is 1.96. The van der Waals surface area contributed by atoms with Crippen LogP contribution in [0.5, 0.6) is 0 Å². The van der Waals surface area contributed by atoms with Gasteiger partial charge in [0, 0.05) is 6.54 Å². The van der Waals surface area contributed by atoms with Gasteiger partial charge in [-0.1, -0.05) is 36.8 Å². The lowest BCUT2D eigenvalue weighted by Crippen LogP contribution is -2.23. The Balaban J connectivity index is 2.21. The third kappa shape index (κ3) is 1.81. The third-order valence-corrected chi connectivity index (χ3v) is 2.72. The van der Waals surface area contributed by atoms with Crippen LogP contribution in [0.15, 0.2) is 24.3 Å². The van der Waals surface area contributed by atoms with Gasteiger partial charge in [-0.25, -0.2) is 0 Å². The van der Waals surface area contributed by atoms with Crippen LogP contribution in [0.3, 0.4) is 0 Å². The number of likely N-dealkylation sites (N-methyl/N-ethyl adjacent to an activating group) is 1. The van der Waals surface area contributed by atoms with Gasteiger partial charge in [0.1, 0.15) is 6.23 Å². The number of ether oxygens (including phenoxy) is 1. The molecule has 1 aromatic rings. The molecule has 0 aromatic heterocycles. The summed E-state index contributed by atoms with van der Waals surface area (Å²) in [6.45, 7) is 7.26. The second-order valence-corrected chi connectivity index (χ2v) is 3.77. The van der Waals surface area contributed by atoms with Crippen LogP contribution >= 0.6 is 0 Å². The van der Waals surface area contributed by atoms with Crippen molar-refractivity contribution in [1.29, 1.82) is 0 Å². The maximum atomic E-state index is 5.72. The number of hydrogen-bond donors (Lipinski definition) is 0. The zero-order valence-electron chi connectivity index (χ0n) is 8.86. The summed E-state index contributed by atoms with van der Waals surface area (Å²) in [6.07, 6.45) is 0.180. The molecule has 0 aliphatic carbocycles. The van der Waals surface area contributed by atoms with Gasteiger partial charge in [-0.2, -0.15) is 0 Å². The predicted octanol–water partition coefficient (Wildman–Crippen LogP) is 2.35. The summed E-state index contributed by atoms with van der Waals surface area (Å²) in [5, 5.41) is 0. The molecule has 0 spiro atoms. The van der Waals surface area contributed by atoms with Gasteiger partial charge in [0.05, 0.1) is 6.61 Å². The molecule has 0 bridgehead atoms. The molecular weight excluding hydrogens is 174 g/mol. The van der Waals surface area contributed by atoms with Crippen LogP contribution < -0.4 is 0 Å². The van der Waals surface area contributed by atoms with E-state index in [2.05, 4.69) is 43.0 Å². The Morgan fingerprint density at radius 1 is 1.50 bits per heavy atom. The molecule has 1 atom stereocenters. The highest BCUT2D eigenvalue weighted by Crippen LogP contribution is 2.26. The van der Waals surface area contributed by atoms with Crippen LogP contribution in [0.1, 0.15) is 24.3 Å². The van der Waals surface area contributed by atoms with Crippen molar-refractivity contribution in [2.24, 2.45) is 0 Å². The highest BCUT2D eigenvalue weighted by Gasteiger charge is 2.24. The maximum absolute atomic E-state index is 5.72. The summed E-state index contributed by atoms with van der Waals surface area (Å²) < 4.78 is 5.72. The van der Waals surface area contributed by atoms with Crippen molar-refractivity contribution in [1.82, 2.24) is 4.90 Å². The Bertz CT molecular complexity index is 311. The minimum absolute atomic E-state index is 0.180. The molecule has 1 heterocycles. The van der Waals surface area contributed by atoms with Crippen molar-refractivity contribution >= 4 is 0 Å². The van der Waals surface area contributed by atoms with E-state index in [0.717, 1.165) is 19.7 Å². The smallest absolute Gasteiger partial charge is 0.136 e. The average molecular weight is 191 g/mol. The molecule has 2 nitrogen and oxygen atoms in total. The van der Waals surface area contributed by atoms with E-state index in [9.17, 15) is 0 Å². The molecule has 1 aromatic carbocycles. The van der Waals surface area contributed by atoms with E-state index in [0.29, 0.717) is 0 Å². The number of benzene rings is 1. The van der Waals surface area contributed by atoms with Crippen molar-refractivity contribution in [3.8, 4) is 0 Å². The molecule has 1 aliphatic rings. The standard InChI is InChI=1S/C12H17NO/c1-3-13-7-8-14-12(13)11-6-4-5-10(2)9-11/h4-6,9,12H,3,7-8H2,1-2H3. The summed E-state index contributed by atoms with van der Waals surface area (Å²) in [7, 11) is 0. The summed E-state index contributed by atoms with van der Waals surface area (Å²) in [5.41, 5.74) is 2.58. The van der Waals surface area contributed by atoms with Crippen LogP contribution in [0, 0.1) is 6.92 Å². The molecule has 0 saturated carbocycles. The van der Waals surface area contributed by atoms with Crippen molar-refractivity contribution in [3.05, 3.63) is 35.4 Å². The summed E-state index contributed by atoms with van der Waals surface area (Å²) in [6, 6.07) is 8.57. The lowest BCUT2D eigenvalue weighted by atomic mass is 10.1. The summed E-state index contributed by atoms with van der Waals surface area (Å²) in [4.78, 5) is 2.36. The molecule has 2 heteroatoms. The lowest BCUT2D eigenvalue weighted by molar-refractivity contribution is 0.0353. The van der Waals surface area contributed by atoms with Crippen LogP contribution in [-0.2, 0) is 4.74 Å². The van der Waals surface area contributed by atoms with Crippen LogP contribution in [0.25, 0.3) is 0 Å². The van der Waals surface area contributed by atoms with Gasteiger partial charge in [0.2, 0.25) is 0 Å². The van der Waals surface area contributed by atoms with Crippen LogP contribution in [-0.4, -0.2) is 24.6 Å². The Hall–Kier alpha value is -0.860. The van der Waals surface area contributed by atoms with Gasteiger partial charge in [-0.05, 0) is 19.0 Å². The van der Waals surface area contributed by atoms with Crippen molar-refractivity contribution < 1.29 is 4.74 Å². The Morgan fingerprint density at radius 3 is 3.07 bits per heavy atom. The summed E-state index contributed by atoms with van der Waals surface area (Å²) >= 11 is 0. The number of nitrogens with zero attached hydrogens (tertiary/aromatic N) is 1. The zero-order chi connectivity index (χ0) is 9.97. The van der Waals surface area contributed by atoms with E-state index >= 15 is 0 Å². The van der Waals surface area contributed by atoms with Gasteiger partial charge < -0.3 is 4.74 Å². The molecule has 76 valence electrons. The minimum Gasteiger partial charge on any atom is -0.358 e. The van der Waals surface area contributed by atoms with E-state index in [-0.39, 0.29) is 6.23 Å². The highest BCUT2D eigenvalue weighted by atomic mass is 16.5. The van der Waals surface area contributed by atoms with Crippen molar-refractivity contribution in [3.63, 3.8) is 0 Å². The molecular formula is C12H17NO. The lowest BCUT2D eigenvalue weighted by Gasteiger charge is -2.21. The maximum Gasteiger partial charge on any atom is 0.136 e. The van der Waals surface area contributed by atoms with Crippen molar-refractivity contribution in [2.75, 3.05) is 19.7 Å². The Kier molecular flexibility index (Phi) is 2.85. The van der Waals surface area contributed by atoms with Crippen LogP contribution in [0.4, 0.5) is 0 Å². The molecule has 1 unspecified atom stereocenters. The minimum atomic E-state index is 0.180. The fourth-order valence-electron chi connectivity index (χ4n) is 1.96. The zero-order valence-corrected chi connectivity index (χ0v) is 8.86. The normalized spacial score (nSPS) is 22.9. The predicted molar refractivity (Wildman–Crippen MR) is 57.1 cm³/mol. The Morgan fingerprint density at radius 2 is 2.36 bits per heavy atom. The molecule has 2 rings (SSSR count). The van der Waals surface area contributed by atoms with E-state index in [1.807, 2.05) is 0 Å².